The third-order valence-corrected chi connectivity index (χ3v) is 6.07. The monoisotopic (exact) mass is 234 g/mol. The summed E-state index contributed by atoms with van der Waals surface area (Å²) in [6, 6.07) is 0.785. The van der Waals surface area contributed by atoms with Crippen LogP contribution >= 0.6 is 0 Å². The maximum absolute atomic E-state index is 3.85. The van der Waals surface area contributed by atoms with E-state index in [1.54, 1.807) is 32.1 Å². The summed E-state index contributed by atoms with van der Waals surface area (Å²) >= 11 is 0. The summed E-state index contributed by atoms with van der Waals surface area (Å²) < 4.78 is 0. The first kappa shape index (κ1) is 10.8. The summed E-state index contributed by atoms with van der Waals surface area (Å²) in [4.78, 5) is 0. The molecule has 2 N–H and O–H groups in total. The highest BCUT2D eigenvalue weighted by atomic mass is 15.0. The van der Waals surface area contributed by atoms with Crippen molar-refractivity contribution in [3.63, 3.8) is 0 Å². The second kappa shape index (κ2) is 4.24. The van der Waals surface area contributed by atoms with E-state index in [1.807, 2.05) is 0 Å². The summed E-state index contributed by atoms with van der Waals surface area (Å²) in [7, 11) is 0. The van der Waals surface area contributed by atoms with Crippen molar-refractivity contribution in [3.05, 3.63) is 0 Å². The van der Waals surface area contributed by atoms with Gasteiger partial charge in [0.25, 0.3) is 0 Å². The second-order valence-corrected chi connectivity index (χ2v) is 7.13. The van der Waals surface area contributed by atoms with Crippen molar-refractivity contribution in [2.75, 3.05) is 19.6 Å². The SMILES string of the molecule is C1CNCC(C2C3CC4CC(C3)CC2C4)NC1. The van der Waals surface area contributed by atoms with Crippen LogP contribution in [-0.2, 0) is 0 Å². The molecule has 1 heterocycles. The van der Waals surface area contributed by atoms with Crippen LogP contribution < -0.4 is 10.6 Å². The second-order valence-electron chi connectivity index (χ2n) is 7.13. The molecule has 96 valence electrons. The molecule has 5 aliphatic rings. The molecule has 1 aliphatic heterocycles. The lowest BCUT2D eigenvalue weighted by Crippen LogP contribution is -2.55. The van der Waals surface area contributed by atoms with E-state index in [0.29, 0.717) is 0 Å². The average molecular weight is 234 g/mol. The van der Waals surface area contributed by atoms with Gasteiger partial charge in [-0.1, -0.05) is 0 Å². The van der Waals surface area contributed by atoms with Gasteiger partial charge in [0.15, 0.2) is 0 Å². The Labute approximate surface area is 105 Å². The number of hydrogen-bond acceptors (Lipinski definition) is 2. The molecule has 0 aromatic rings. The highest BCUT2D eigenvalue weighted by Gasteiger charge is 2.50. The number of rotatable bonds is 1. The zero-order valence-corrected chi connectivity index (χ0v) is 10.8. The quantitative estimate of drug-likeness (QED) is 0.725. The van der Waals surface area contributed by atoms with Gasteiger partial charge in [0.2, 0.25) is 0 Å². The van der Waals surface area contributed by atoms with Crippen LogP contribution in [-0.4, -0.2) is 25.7 Å². The standard InChI is InChI=1S/C15H26N2/c1-2-16-9-14(17-3-1)15-12-5-10-4-11(7-12)8-13(15)6-10/h10-17H,1-9H2. The van der Waals surface area contributed by atoms with Crippen molar-refractivity contribution in [2.45, 2.75) is 44.6 Å². The molecule has 5 fully saturated rings. The fourth-order valence-electron chi connectivity index (χ4n) is 5.73. The Morgan fingerprint density at radius 1 is 0.765 bits per heavy atom. The van der Waals surface area contributed by atoms with Gasteiger partial charge < -0.3 is 10.6 Å². The van der Waals surface area contributed by atoms with E-state index in [4.69, 9.17) is 0 Å². The Kier molecular flexibility index (Phi) is 2.69. The first-order chi connectivity index (χ1) is 8.40. The Morgan fingerprint density at radius 3 is 2.18 bits per heavy atom. The maximum atomic E-state index is 3.85. The smallest absolute Gasteiger partial charge is 0.0226 e. The first-order valence-electron chi connectivity index (χ1n) is 7.84. The lowest BCUT2D eigenvalue weighted by atomic mass is 9.50. The Morgan fingerprint density at radius 2 is 1.47 bits per heavy atom. The molecule has 2 heteroatoms. The van der Waals surface area contributed by atoms with Gasteiger partial charge in [-0.3, -0.25) is 0 Å². The molecule has 0 radical (unpaired) electrons. The largest absolute Gasteiger partial charge is 0.315 e. The van der Waals surface area contributed by atoms with Crippen molar-refractivity contribution >= 4 is 0 Å². The topological polar surface area (TPSA) is 24.1 Å². The van der Waals surface area contributed by atoms with Crippen molar-refractivity contribution in [1.82, 2.24) is 10.6 Å². The molecule has 1 saturated heterocycles. The molecule has 17 heavy (non-hydrogen) atoms. The molecule has 0 amide bonds. The zero-order chi connectivity index (χ0) is 11.2. The van der Waals surface area contributed by atoms with Crippen LogP contribution in [0.2, 0.25) is 0 Å². The fraction of sp³-hybridized carbons (Fsp3) is 1.00. The van der Waals surface area contributed by atoms with Gasteiger partial charge in [0.05, 0.1) is 0 Å². The number of hydrogen-bond donors (Lipinski definition) is 2. The van der Waals surface area contributed by atoms with Gasteiger partial charge in [-0.15, -0.1) is 0 Å². The number of nitrogens with one attached hydrogen (secondary N) is 2. The van der Waals surface area contributed by atoms with E-state index in [-0.39, 0.29) is 0 Å². The molecule has 2 nitrogen and oxygen atoms in total. The Balaban J connectivity index is 1.53. The van der Waals surface area contributed by atoms with Gasteiger partial charge in [0.1, 0.15) is 0 Å². The molecule has 4 bridgehead atoms. The van der Waals surface area contributed by atoms with Crippen LogP contribution in [0.5, 0.6) is 0 Å². The van der Waals surface area contributed by atoms with Gasteiger partial charge in [-0.25, -0.2) is 0 Å². The van der Waals surface area contributed by atoms with Crippen molar-refractivity contribution < 1.29 is 0 Å². The molecule has 4 saturated carbocycles. The highest BCUT2D eigenvalue weighted by molar-refractivity contribution is 5.02. The highest BCUT2D eigenvalue weighted by Crippen LogP contribution is 2.57. The van der Waals surface area contributed by atoms with Crippen LogP contribution in [0.1, 0.15) is 38.5 Å². The van der Waals surface area contributed by atoms with Gasteiger partial charge in [-0.05, 0) is 81.2 Å². The maximum Gasteiger partial charge on any atom is 0.0226 e. The van der Waals surface area contributed by atoms with E-state index in [1.165, 1.54) is 26.1 Å². The molecule has 0 spiro atoms. The summed E-state index contributed by atoms with van der Waals surface area (Å²) in [5, 5.41) is 7.49. The summed E-state index contributed by atoms with van der Waals surface area (Å²) in [6.45, 7) is 3.68. The van der Waals surface area contributed by atoms with E-state index in [9.17, 15) is 0 Å². The molecular formula is C15H26N2. The summed E-state index contributed by atoms with van der Waals surface area (Å²) in [5.41, 5.74) is 0. The molecule has 4 aliphatic carbocycles. The van der Waals surface area contributed by atoms with Gasteiger partial charge >= 0.3 is 0 Å². The van der Waals surface area contributed by atoms with Crippen LogP contribution in [0, 0.1) is 29.6 Å². The van der Waals surface area contributed by atoms with Crippen molar-refractivity contribution in [1.29, 1.82) is 0 Å². The summed E-state index contributed by atoms with van der Waals surface area (Å²) in [5.74, 6) is 5.39. The van der Waals surface area contributed by atoms with Crippen molar-refractivity contribution in [3.8, 4) is 0 Å². The molecule has 0 aromatic heterocycles. The van der Waals surface area contributed by atoms with Gasteiger partial charge in [-0.2, -0.15) is 0 Å². The van der Waals surface area contributed by atoms with E-state index in [0.717, 1.165) is 35.6 Å². The van der Waals surface area contributed by atoms with E-state index >= 15 is 0 Å². The predicted molar refractivity (Wildman–Crippen MR) is 69.8 cm³/mol. The third kappa shape index (κ3) is 1.84. The molecule has 5 rings (SSSR count). The van der Waals surface area contributed by atoms with Crippen LogP contribution in [0.4, 0.5) is 0 Å². The minimum Gasteiger partial charge on any atom is -0.315 e. The third-order valence-electron chi connectivity index (χ3n) is 6.07. The molecule has 0 aromatic carbocycles. The van der Waals surface area contributed by atoms with E-state index < -0.39 is 0 Å². The minimum atomic E-state index is 0.785. The van der Waals surface area contributed by atoms with Crippen LogP contribution in [0.3, 0.4) is 0 Å². The predicted octanol–water partition coefficient (Wildman–Crippen LogP) is 2.01. The lowest BCUT2D eigenvalue weighted by molar-refractivity contribution is -0.0506. The van der Waals surface area contributed by atoms with E-state index in [2.05, 4.69) is 10.6 Å². The average Bonchev–Trinajstić information content (AvgIpc) is 2.56. The normalized spacial score (nSPS) is 53.6. The lowest BCUT2D eigenvalue weighted by Gasteiger charge is -2.56. The molecule has 1 atom stereocenters. The summed E-state index contributed by atoms with van der Waals surface area (Å²) in [6.07, 6.45) is 9.15. The molecule has 1 unspecified atom stereocenters. The fourth-order valence-corrected chi connectivity index (χ4v) is 5.73. The van der Waals surface area contributed by atoms with Crippen molar-refractivity contribution in [2.24, 2.45) is 29.6 Å². The Hall–Kier alpha value is -0.0800. The minimum absolute atomic E-state index is 0.785. The van der Waals surface area contributed by atoms with Crippen LogP contribution in [0.25, 0.3) is 0 Å². The Bertz CT molecular complexity index is 253. The molecular weight excluding hydrogens is 208 g/mol. The van der Waals surface area contributed by atoms with Crippen LogP contribution in [0.15, 0.2) is 0 Å². The zero-order valence-electron chi connectivity index (χ0n) is 10.8. The van der Waals surface area contributed by atoms with Gasteiger partial charge in [0, 0.05) is 12.6 Å². The first-order valence-corrected chi connectivity index (χ1v) is 7.84.